The van der Waals surface area contributed by atoms with Crippen LogP contribution in [-0.2, 0) is 14.3 Å². The van der Waals surface area contributed by atoms with Crippen LogP contribution in [0.3, 0.4) is 0 Å². The third kappa shape index (κ3) is 3.62. The first-order valence-corrected chi connectivity index (χ1v) is 4.09. The Hall–Kier alpha value is -0.700. The predicted molar refractivity (Wildman–Crippen MR) is 45.9 cm³/mol. The summed E-state index contributed by atoms with van der Waals surface area (Å²) in [6.45, 7) is 3.78. The number of aldehydes is 2. The van der Waals surface area contributed by atoms with Crippen molar-refractivity contribution >= 4 is 12.6 Å². The maximum atomic E-state index is 10.4. The highest BCUT2D eigenvalue weighted by Gasteiger charge is 2.16. The summed E-state index contributed by atoms with van der Waals surface area (Å²) in [5, 5.41) is 0. The molecule has 0 spiro atoms. The zero-order valence-electron chi connectivity index (χ0n) is 7.82. The molecule has 0 radical (unpaired) electrons. The molecule has 0 aliphatic rings. The summed E-state index contributed by atoms with van der Waals surface area (Å²) in [7, 11) is 1.50. The van der Waals surface area contributed by atoms with E-state index in [1.54, 1.807) is 0 Å². The van der Waals surface area contributed by atoms with Gasteiger partial charge in [0.2, 0.25) is 0 Å². The van der Waals surface area contributed by atoms with Crippen LogP contribution in [0.1, 0.15) is 20.3 Å². The monoisotopic (exact) mass is 172 g/mol. The van der Waals surface area contributed by atoms with Gasteiger partial charge < -0.3 is 14.3 Å². The highest BCUT2D eigenvalue weighted by Crippen LogP contribution is 2.15. The van der Waals surface area contributed by atoms with Crippen LogP contribution in [-0.4, -0.2) is 25.8 Å². The number of methoxy groups -OCH3 is 1. The summed E-state index contributed by atoms with van der Waals surface area (Å²) in [5.74, 6) is 0.181. The van der Waals surface area contributed by atoms with Crippen molar-refractivity contribution in [1.29, 1.82) is 0 Å². The van der Waals surface area contributed by atoms with Gasteiger partial charge in [-0.05, 0) is 12.3 Å². The molecule has 0 saturated heterocycles. The van der Waals surface area contributed by atoms with E-state index in [1.807, 2.05) is 13.8 Å². The molecule has 3 atom stereocenters. The maximum absolute atomic E-state index is 10.4. The lowest BCUT2D eigenvalue weighted by atomic mass is 9.92. The van der Waals surface area contributed by atoms with E-state index in [9.17, 15) is 9.59 Å². The van der Waals surface area contributed by atoms with Crippen LogP contribution in [0.15, 0.2) is 0 Å². The molecule has 0 N–H and O–H groups in total. The minimum atomic E-state index is -0.373. The van der Waals surface area contributed by atoms with Crippen molar-refractivity contribution < 1.29 is 14.3 Å². The molecule has 0 heterocycles. The molecule has 0 saturated carbocycles. The largest absolute Gasteiger partial charge is 0.374 e. The normalized spacial score (nSPS) is 17.9. The molecule has 70 valence electrons. The summed E-state index contributed by atoms with van der Waals surface area (Å²) < 4.78 is 4.88. The molecule has 0 aromatic heterocycles. The van der Waals surface area contributed by atoms with E-state index < -0.39 is 0 Å². The molecule has 0 amide bonds. The van der Waals surface area contributed by atoms with E-state index in [0.717, 1.165) is 12.6 Å². The van der Waals surface area contributed by atoms with Gasteiger partial charge in [-0.3, -0.25) is 0 Å². The van der Waals surface area contributed by atoms with Crippen LogP contribution in [0.4, 0.5) is 0 Å². The van der Waals surface area contributed by atoms with E-state index >= 15 is 0 Å². The Morgan fingerprint density at radius 2 is 1.83 bits per heavy atom. The first-order valence-electron chi connectivity index (χ1n) is 4.09. The van der Waals surface area contributed by atoms with Gasteiger partial charge in [0.25, 0.3) is 0 Å². The summed E-state index contributed by atoms with van der Waals surface area (Å²) in [4.78, 5) is 20.7. The molecule has 3 heteroatoms. The minimum Gasteiger partial charge on any atom is -0.374 e. The second-order valence-electron chi connectivity index (χ2n) is 3.12. The first kappa shape index (κ1) is 11.3. The van der Waals surface area contributed by atoms with Gasteiger partial charge in [0.15, 0.2) is 0 Å². The molecule has 12 heavy (non-hydrogen) atoms. The van der Waals surface area contributed by atoms with Gasteiger partial charge in [-0.25, -0.2) is 0 Å². The van der Waals surface area contributed by atoms with Crippen molar-refractivity contribution in [3.63, 3.8) is 0 Å². The van der Waals surface area contributed by atoms with E-state index in [1.165, 1.54) is 7.11 Å². The van der Waals surface area contributed by atoms with Gasteiger partial charge in [-0.1, -0.05) is 13.8 Å². The highest BCUT2D eigenvalue weighted by molar-refractivity contribution is 5.57. The van der Waals surface area contributed by atoms with Crippen LogP contribution in [0, 0.1) is 11.8 Å². The molecule has 3 nitrogen and oxygen atoms in total. The average Bonchev–Trinajstić information content (AvgIpc) is 2.12. The van der Waals surface area contributed by atoms with Gasteiger partial charge in [0.1, 0.15) is 18.7 Å². The topological polar surface area (TPSA) is 43.4 Å². The Morgan fingerprint density at radius 3 is 2.17 bits per heavy atom. The molecule has 0 rings (SSSR count). The number of ether oxygens (including phenoxy) is 1. The van der Waals surface area contributed by atoms with E-state index in [2.05, 4.69) is 0 Å². The van der Waals surface area contributed by atoms with Crippen LogP contribution < -0.4 is 0 Å². The smallest absolute Gasteiger partial charge is 0.148 e. The zero-order valence-corrected chi connectivity index (χ0v) is 7.82. The number of rotatable bonds is 6. The van der Waals surface area contributed by atoms with Crippen molar-refractivity contribution in [3.8, 4) is 0 Å². The molecular formula is C9H16O3. The third-order valence-electron chi connectivity index (χ3n) is 2.17. The highest BCUT2D eigenvalue weighted by atomic mass is 16.5. The van der Waals surface area contributed by atoms with Gasteiger partial charge >= 0.3 is 0 Å². The SMILES string of the molecule is COC(C=O)CC(C)[C@H](C)C=O. The van der Waals surface area contributed by atoms with E-state index in [-0.39, 0.29) is 17.9 Å². The Balaban J connectivity index is 3.87. The number of hydrogen-bond acceptors (Lipinski definition) is 3. The van der Waals surface area contributed by atoms with E-state index in [0.29, 0.717) is 6.42 Å². The van der Waals surface area contributed by atoms with Gasteiger partial charge in [-0.2, -0.15) is 0 Å². The second-order valence-corrected chi connectivity index (χ2v) is 3.12. The van der Waals surface area contributed by atoms with Crippen LogP contribution >= 0.6 is 0 Å². The summed E-state index contributed by atoms with van der Waals surface area (Å²) in [6.07, 6.45) is 1.92. The number of carbonyl (C=O) groups excluding carboxylic acids is 2. The molecule has 0 fully saturated rings. The summed E-state index contributed by atoms with van der Waals surface area (Å²) >= 11 is 0. The van der Waals surface area contributed by atoms with Crippen LogP contribution in [0.2, 0.25) is 0 Å². The average molecular weight is 172 g/mol. The third-order valence-corrected chi connectivity index (χ3v) is 2.17. The lowest BCUT2D eigenvalue weighted by Crippen LogP contribution is -2.20. The number of hydrogen-bond donors (Lipinski definition) is 0. The molecule has 2 unspecified atom stereocenters. The van der Waals surface area contributed by atoms with Gasteiger partial charge in [-0.15, -0.1) is 0 Å². The van der Waals surface area contributed by atoms with E-state index in [4.69, 9.17) is 4.74 Å². The minimum absolute atomic E-state index is 0.0115. The standard InChI is InChI=1S/C9H16O3/c1-7(8(2)5-10)4-9(6-11)12-3/h5-9H,4H2,1-3H3/t7?,8-,9?/m1/s1. The Kier molecular flexibility index (Phi) is 5.54. The molecule has 0 aliphatic heterocycles. The second kappa shape index (κ2) is 5.89. The Labute approximate surface area is 73.1 Å². The molecular weight excluding hydrogens is 156 g/mol. The van der Waals surface area contributed by atoms with Crippen molar-refractivity contribution in [2.24, 2.45) is 11.8 Å². The van der Waals surface area contributed by atoms with Gasteiger partial charge in [0, 0.05) is 13.0 Å². The van der Waals surface area contributed by atoms with Crippen molar-refractivity contribution in [2.75, 3.05) is 7.11 Å². The maximum Gasteiger partial charge on any atom is 0.148 e. The summed E-state index contributed by atoms with van der Waals surface area (Å²) in [5.41, 5.74) is 0. The first-order chi connectivity index (χ1) is 5.65. The fourth-order valence-electron chi connectivity index (χ4n) is 0.923. The zero-order chi connectivity index (χ0) is 9.56. The molecule has 0 aliphatic carbocycles. The molecule has 0 aromatic rings. The fourth-order valence-corrected chi connectivity index (χ4v) is 0.923. The molecule has 0 aromatic carbocycles. The Morgan fingerprint density at radius 1 is 1.25 bits per heavy atom. The number of carbonyl (C=O) groups is 2. The lowest BCUT2D eigenvalue weighted by Gasteiger charge is -2.17. The van der Waals surface area contributed by atoms with Crippen LogP contribution in [0.5, 0.6) is 0 Å². The van der Waals surface area contributed by atoms with Gasteiger partial charge in [0.05, 0.1) is 0 Å². The van der Waals surface area contributed by atoms with Crippen molar-refractivity contribution in [1.82, 2.24) is 0 Å². The molecule has 0 bridgehead atoms. The van der Waals surface area contributed by atoms with Crippen molar-refractivity contribution in [2.45, 2.75) is 26.4 Å². The van der Waals surface area contributed by atoms with Crippen LogP contribution in [0.25, 0.3) is 0 Å². The lowest BCUT2D eigenvalue weighted by molar-refractivity contribution is -0.119. The summed E-state index contributed by atoms with van der Waals surface area (Å²) in [6, 6.07) is 0. The predicted octanol–water partition coefficient (Wildman–Crippen LogP) is 1.06. The Bertz CT molecular complexity index is 145. The fraction of sp³-hybridized carbons (Fsp3) is 0.778. The quantitative estimate of drug-likeness (QED) is 0.563. The van der Waals surface area contributed by atoms with Crippen molar-refractivity contribution in [3.05, 3.63) is 0 Å².